The van der Waals surface area contributed by atoms with Crippen molar-refractivity contribution in [2.24, 2.45) is 0 Å². The molecule has 7 heteroatoms. The largest absolute Gasteiger partial charge is 0.507 e. The van der Waals surface area contributed by atoms with E-state index >= 15 is 0 Å². The van der Waals surface area contributed by atoms with Crippen molar-refractivity contribution in [3.05, 3.63) is 17.2 Å². The van der Waals surface area contributed by atoms with Crippen LogP contribution in [-0.2, 0) is 0 Å². The van der Waals surface area contributed by atoms with E-state index in [1.807, 2.05) is 0 Å². The summed E-state index contributed by atoms with van der Waals surface area (Å²) in [6.45, 7) is 0. The standard InChI is InChI=1S/C8H6O7/c9-2-1-3(10)5(8(14)15)6(11)4(2)7(12)13/h1,9-11H,(H,12,13)(H,14,15). The molecular formula is C8H6O7. The van der Waals surface area contributed by atoms with Crippen LogP contribution >= 0.6 is 0 Å². The van der Waals surface area contributed by atoms with E-state index in [2.05, 4.69) is 0 Å². The van der Waals surface area contributed by atoms with Crippen molar-refractivity contribution in [1.29, 1.82) is 0 Å². The van der Waals surface area contributed by atoms with Crippen molar-refractivity contribution >= 4 is 11.9 Å². The second-order valence-electron chi connectivity index (χ2n) is 2.62. The van der Waals surface area contributed by atoms with Gasteiger partial charge in [0.05, 0.1) is 0 Å². The summed E-state index contributed by atoms with van der Waals surface area (Å²) in [5.41, 5.74) is -1.93. The lowest BCUT2D eigenvalue weighted by atomic mass is 10.1. The molecule has 0 saturated heterocycles. The molecule has 0 amide bonds. The molecule has 0 fully saturated rings. The first-order chi connectivity index (χ1) is 6.86. The fraction of sp³-hybridized carbons (Fsp3) is 0. The quantitative estimate of drug-likeness (QED) is 0.474. The van der Waals surface area contributed by atoms with Crippen LogP contribution < -0.4 is 0 Å². The molecular weight excluding hydrogens is 208 g/mol. The molecule has 0 aliphatic rings. The first-order valence-corrected chi connectivity index (χ1v) is 3.60. The highest BCUT2D eigenvalue weighted by atomic mass is 16.4. The molecule has 0 spiro atoms. The molecule has 7 nitrogen and oxygen atoms in total. The van der Waals surface area contributed by atoms with Gasteiger partial charge in [0, 0.05) is 6.07 Å². The molecule has 0 heterocycles. The van der Waals surface area contributed by atoms with Crippen molar-refractivity contribution in [2.45, 2.75) is 0 Å². The molecule has 0 aromatic heterocycles. The number of benzene rings is 1. The maximum absolute atomic E-state index is 10.5. The van der Waals surface area contributed by atoms with Gasteiger partial charge in [-0.05, 0) is 0 Å². The third kappa shape index (κ3) is 1.62. The molecule has 80 valence electrons. The van der Waals surface area contributed by atoms with Gasteiger partial charge >= 0.3 is 11.9 Å². The van der Waals surface area contributed by atoms with Gasteiger partial charge in [0.15, 0.2) is 5.75 Å². The van der Waals surface area contributed by atoms with Gasteiger partial charge in [-0.1, -0.05) is 0 Å². The summed E-state index contributed by atoms with van der Waals surface area (Å²) in [6.07, 6.45) is 0. The lowest BCUT2D eigenvalue weighted by Crippen LogP contribution is -2.04. The van der Waals surface area contributed by atoms with Gasteiger partial charge in [0.2, 0.25) is 0 Å². The van der Waals surface area contributed by atoms with Gasteiger partial charge in [-0.2, -0.15) is 0 Å². The average molecular weight is 214 g/mol. The molecule has 0 bridgehead atoms. The number of aromatic carboxylic acids is 2. The molecule has 1 aromatic rings. The highest BCUT2D eigenvalue weighted by Crippen LogP contribution is 2.37. The zero-order chi connectivity index (χ0) is 11.7. The van der Waals surface area contributed by atoms with Crippen LogP contribution in [0.3, 0.4) is 0 Å². The van der Waals surface area contributed by atoms with Crippen LogP contribution in [0, 0.1) is 0 Å². The fourth-order valence-electron chi connectivity index (χ4n) is 1.06. The third-order valence-corrected chi connectivity index (χ3v) is 1.69. The summed E-state index contributed by atoms with van der Waals surface area (Å²) >= 11 is 0. The van der Waals surface area contributed by atoms with Gasteiger partial charge in [-0.3, -0.25) is 0 Å². The Balaban J connectivity index is 3.64. The number of hydrogen-bond acceptors (Lipinski definition) is 5. The Labute approximate surface area is 82.5 Å². The Morgan fingerprint density at radius 2 is 1.20 bits per heavy atom. The van der Waals surface area contributed by atoms with E-state index in [0.29, 0.717) is 6.07 Å². The normalized spacial score (nSPS) is 9.87. The molecule has 0 unspecified atom stereocenters. The molecule has 5 N–H and O–H groups in total. The van der Waals surface area contributed by atoms with E-state index < -0.39 is 40.3 Å². The highest BCUT2D eigenvalue weighted by Gasteiger charge is 2.25. The van der Waals surface area contributed by atoms with Gasteiger partial charge in [-0.15, -0.1) is 0 Å². The van der Waals surface area contributed by atoms with E-state index in [0.717, 1.165) is 0 Å². The molecule has 0 saturated carbocycles. The summed E-state index contributed by atoms with van der Waals surface area (Å²) in [5.74, 6) is -6.42. The van der Waals surface area contributed by atoms with Crippen LogP contribution in [0.15, 0.2) is 6.07 Å². The molecule has 0 aliphatic heterocycles. The average Bonchev–Trinajstić information content (AvgIpc) is 1.99. The Morgan fingerprint density at radius 3 is 1.47 bits per heavy atom. The van der Waals surface area contributed by atoms with E-state index in [9.17, 15) is 14.7 Å². The first-order valence-electron chi connectivity index (χ1n) is 3.60. The van der Waals surface area contributed by atoms with Gasteiger partial charge < -0.3 is 25.5 Å². The summed E-state index contributed by atoms with van der Waals surface area (Å²) in [7, 11) is 0. The van der Waals surface area contributed by atoms with Crippen LogP contribution in [0.5, 0.6) is 17.2 Å². The number of carbonyl (C=O) groups is 2. The lowest BCUT2D eigenvalue weighted by molar-refractivity contribution is 0.0687. The minimum absolute atomic E-state index is 0.534. The molecule has 15 heavy (non-hydrogen) atoms. The predicted octanol–water partition coefficient (Wildman–Crippen LogP) is 0.200. The topological polar surface area (TPSA) is 135 Å². The minimum atomic E-state index is -1.70. The van der Waals surface area contributed by atoms with Crippen molar-refractivity contribution in [3.8, 4) is 17.2 Å². The summed E-state index contributed by atoms with van der Waals surface area (Å²) < 4.78 is 0. The zero-order valence-electron chi connectivity index (χ0n) is 7.13. The number of carboxylic acids is 2. The van der Waals surface area contributed by atoms with Crippen LogP contribution in [0.25, 0.3) is 0 Å². The van der Waals surface area contributed by atoms with Crippen molar-refractivity contribution in [3.63, 3.8) is 0 Å². The highest BCUT2D eigenvalue weighted by molar-refractivity contribution is 6.02. The maximum Gasteiger partial charge on any atom is 0.343 e. The Morgan fingerprint density at radius 1 is 0.867 bits per heavy atom. The smallest absolute Gasteiger partial charge is 0.343 e. The molecule has 0 aliphatic carbocycles. The van der Waals surface area contributed by atoms with Gasteiger partial charge in [0.25, 0.3) is 0 Å². The number of rotatable bonds is 2. The summed E-state index contributed by atoms with van der Waals surface area (Å²) in [5, 5.41) is 44.4. The minimum Gasteiger partial charge on any atom is -0.507 e. The van der Waals surface area contributed by atoms with Crippen LogP contribution in [0.4, 0.5) is 0 Å². The SMILES string of the molecule is O=C(O)c1c(O)cc(O)c(C(=O)O)c1O. The lowest BCUT2D eigenvalue weighted by Gasteiger charge is -2.07. The Bertz CT molecular complexity index is 411. The zero-order valence-corrected chi connectivity index (χ0v) is 7.13. The number of hydrogen-bond donors (Lipinski definition) is 5. The van der Waals surface area contributed by atoms with E-state index in [1.54, 1.807) is 0 Å². The summed E-state index contributed by atoms with van der Waals surface area (Å²) in [6, 6.07) is 0.534. The van der Waals surface area contributed by atoms with E-state index in [4.69, 9.17) is 20.4 Å². The Hall–Kier alpha value is -2.44. The monoisotopic (exact) mass is 214 g/mol. The third-order valence-electron chi connectivity index (χ3n) is 1.69. The fourth-order valence-corrected chi connectivity index (χ4v) is 1.06. The Kier molecular flexibility index (Phi) is 2.39. The van der Waals surface area contributed by atoms with Crippen molar-refractivity contribution in [2.75, 3.05) is 0 Å². The molecule has 1 rings (SSSR count). The first kappa shape index (κ1) is 10.6. The molecule has 0 radical (unpaired) electrons. The number of aromatic hydroxyl groups is 3. The molecule has 1 aromatic carbocycles. The van der Waals surface area contributed by atoms with Crippen molar-refractivity contribution < 1.29 is 35.1 Å². The van der Waals surface area contributed by atoms with E-state index in [1.165, 1.54) is 0 Å². The van der Waals surface area contributed by atoms with Crippen LogP contribution in [0.2, 0.25) is 0 Å². The van der Waals surface area contributed by atoms with Crippen molar-refractivity contribution in [1.82, 2.24) is 0 Å². The molecule has 0 atom stereocenters. The van der Waals surface area contributed by atoms with Gasteiger partial charge in [-0.25, -0.2) is 9.59 Å². The van der Waals surface area contributed by atoms with Crippen LogP contribution in [0.1, 0.15) is 20.7 Å². The number of phenols is 3. The second-order valence-corrected chi connectivity index (χ2v) is 2.62. The number of carboxylic acid groups (broad SMARTS) is 2. The second kappa shape index (κ2) is 3.37. The van der Waals surface area contributed by atoms with Gasteiger partial charge in [0.1, 0.15) is 22.6 Å². The van der Waals surface area contributed by atoms with Crippen LogP contribution in [-0.4, -0.2) is 37.5 Å². The van der Waals surface area contributed by atoms with E-state index in [-0.39, 0.29) is 0 Å². The summed E-state index contributed by atoms with van der Waals surface area (Å²) in [4.78, 5) is 21.1. The predicted molar refractivity (Wildman–Crippen MR) is 45.4 cm³/mol. The maximum atomic E-state index is 10.5.